The van der Waals surface area contributed by atoms with Gasteiger partial charge in [0.2, 0.25) is 0 Å². The molecule has 4 rings (SSSR count). The van der Waals surface area contributed by atoms with Crippen molar-refractivity contribution in [1.82, 2.24) is 9.88 Å². The van der Waals surface area contributed by atoms with Gasteiger partial charge in [-0.15, -0.1) is 0 Å². The normalized spacial score (nSPS) is 18.5. The van der Waals surface area contributed by atoms with Crippen molar-refractivity contribution < 1.29 is 0 Å². The second-order valence-electron chi connectivity index (χ2n) is 8.06. The Labute approximate surface area is 149 Å². The lowest BCUT2D eigenvalue weighted by Gasteiger charge is -2.34. The fourth-order valence-corrected chi connectivity index (χ4v) is 3.94. The SMILES string of the molecule is CN1Cc2cc(C(C)(C)CN)ccc2C(c2cc3ccccc3[nH]2)C1. The molecule has 3 nitrogen and oxygen atoms in total. The summed E-state index contributed by atoms with van der Waals surface area (Å²) in [5.41, 5.74) is 12.7. The Bertz CT molecular complexity index is 874. The van der Waals surface area contributed by atoms with Gasteiger partial charge >= 0.3 is 0 Å². The second kappa shape index (κ2) is 6.01. The summed E-state index contributed by atoms with van der Waals surface area (Å²) in [6.45, 7) is 7.14. The molecule has 1 aliphatic heterocycles. The smallest absolute Gasteiger partial charge is 0.0456 e. The van der Waals surface area contributed by atoms with Crippen molar-refractivity contribution in [3.8, 4) is 0 Å². The quantitative estimate of drug-likeness (QED) is 0.761. The summed E-state index contributed by atoms with van der Waals surface area (Å²) >= 11 is 0. The monoisotopic (exact) mass is 333 g/mol. The van der Waals surface area contributed by atoms with Crippen LogP contribution < -0.4 is 5.73 Å². The summed E-state index contributed by atoms with van der Waals surface area (Å²) < 4.78 is 0. The second-order valence-corrected chi connectivity index (χ2v) is 8.06. The van der Waals surface area contributed by atoms with Gasteiger partial charge in [0, 0.05) is 42.2 Å². The molecule has 1 aromatic heterocycles. The molecule has 0 radical (unpaired) electrons. The molecular formula is C22H27N3. The zero-order chi connectivity index (χ0) is 17.6. The maximum atomic E-state index is 5.99. The number of rotatable bonds is 3. The van der Waals surface area contributed by atoms with Crippen LogP contribution in [-0.4, -0.2) is 30.0 Å². The van der Waals surface area contributed by atoms with Crippen LogP contribution in [0.5, 0.6) is 0 Å². The molecule has 0 aliphatic carbocycles. The predicted molar refractivity (Wildman–Crippen MR) is 105 cm³/mol. The van der Waals surface area contributed by atoms with Gasteiger partial charge in [0.1, 0.15) is 0 Å². The van der Waals surface area contributed by atoms with Gasteiger partial charge in [0.25, 0.3) is 0 Å². The first-order valence-electron chi connectivity index (χ1n) is 9.07. The van der Waals surface area contributed by atoms with E-state index >= 15 is 0 Å². The fourth-order valence-electron chi connectivity index (χ4n) is 3.94. The third kappa shape index (κ3) is 2.88. The first-order chi connectivity index (χ1) is 12.0. The van der Waals surface area contributed by atoms with E-state index in [-0.39, 0.29) is 5.41 Å². The van der Waals surface area contributed by atoms with Crippen LogP contribution in [0, 0.1) is 0 Å². The van der Waals surface area contributed by atoms with Gasteiger partial charge < -0.3 is 15.6 Å². The Balaban J connectivity index is 1.79. The lowest BCUT2D eigenvalue weighted by molar-refractivity contribution is 0.293. The van der Waals surface area contributed by atoms with Crippen molar-refractivity contribution in [1.29, 1.82) is 0 Å². The van der Waals surface area contributed by atoms with Crippen LogP contribution in [0.1, 0.15) is 42.1 Å². The Kier molecular flexibility index (Phi) is 3.94. The molecule has 1 aliphatic rings. The number of benzene rings is 2. The number of aromatic nitrogens is 1. The molecule has 25 heavy (non-hydrogen) atoms. The minimum absolute atomic E-state index is 0.0155. The molecule has 0 saturated heterocycles. The molecule has 1 atom stereocenters. The molecule has 2 heterocycles. The van der Waals surface area contributed by atoms with Gasteiger partial charge in [-0.25, -0.2) is 0 Å². The molecular weight excluding hydrogens is 306 g/mol. The topological polar surface area (TPSA) is 45.0 Å². The Hall–Kier alpha value is -2.10. The number of para-hydroxylation sites is 1. The van der Waals surface area contributed by atoms with Crippen LogP contribution in [0.3, 0.4) is 0 Å². The van der Waals surface area contributed by atoms with Gasteiger partial charge in [-0.2, -0.15) is 0 Å². The number of likely N-dealkylation sites (N-methyl/N-ethyl adjacent to an activating group) is 1. The largest absolute Gasteiger partial charge is 0.358 e. The van der Waals surface area contributed by atoms with Crippen LogP contribution in [0.4, 0.5) is 0 Å². The highest BCUT2D eigenvalue weighted by atomic mass is 15.1. The summed E-state index contributed by atoms with van der Waals surface area (Å²) in [6, 6.07) is 17.8. The maximum Gasteiger partial charge on any atom is 0.0456 e. The highest BCUT2D eigenvalue weighted by molar-refractivity contribution is 5.80. The van der Waals surface area contributed by atoms with Gasteiger partial charge in [-0.3, -0.25) is 0 Å². The average Bonchev–Trinajstić information content (AvgIpc) is 3.04. The molecule has 0 bridgehead atoms. The molecule has 1 unspecified atom stereocenters. The first kappa shape index (κ1) is 16.4. The number of nitrogens with two attached hydrogens (primary N) is 1. The Morgan fingerprint density at radius 2 is 1.96 bits per heavy atom. The summed E-state index contributed by atoms with van der Waals surface area (Å²) in [5, 5.41) is 1.29. The zero-order valence-electron chi connectivity index (χ0n) is 15.3. The summed E-state index contributed by atoms with van der Waals surface area (Å²) in [6.07, 6.45) is 0. The van der Waals surface area contributed by atoms with Crippen molar-refractivity contribution in [3.05, 3.63) is 70.9 Å². The molecule has 0 amide bonds. The molecule has 3 heteroatoms. The standard InChI is InChI=1S/C22H27N3/c1-22(2,14-23)17-8-9-18-16(10-17)12-25(3)13-19(18)21-11-15-6-4-5-7-20(15)24-21/h4-11,19,24H,12-14,23H2,1-3H3. The van der Waals surface area contributed by atoms with Crippen LogP contribution in [0.15, 0.2) is 48.5 Å². The molecule has 3 aromatic rings. The van der Waals surface area contributed by atoms with Crippen molar-refractivity contribution in [2.24, 2.45) is 5.73 Å². The van der Waals surface area contributed by atoms with Crippen LogP contribution in [0.25, 0.3) is 10.9 Å². The minimum Gasteiger partial charge on any atom is -0.358 e. The van der Waals surface area contributed by atoms with E-state index in [1.165, 1.54) is 33.3 Å². The molecule has 2 aromatic carbocycles. The van der Waals surface area contributed by atoms with Crippen LogP contribution in [0.2, 0.25) is 0 Å². The lowest BCUT2D eigenvalue weighted by Crippen LogP contribution is -2.33. The number of fused-ring (bicyclic) bond motifs is 2. The van der Waals surface area contributed by atoms with Crippen molar-refractivity contribution >= 4 is 10.9 Å². The lowest BCUT2D eigenvalue weighted by atomic mass is 9.80. The number of nitrogens with one attached hydrogen (secondary N) is 1. The average molecular weight is 333 g/mol. The first-order valence-corrected chi connectivity index (χ1v) is 9.07. The third-order valence-electron chi connectivity index (χ3n) is 5.67. The fraction of sp³-hybridized carbons (Fsp3) is 0.364. The van der Waals surface area contributed by atoms with E-state index in [1.54, 1.807) is 0 Å². The maximum absolute atomic E-state index is 5.99. The van der Waals surface area contributed by atoms with E-state index in [2.05, 4.69) is 79.3 Å². The van der Waals surface area contributed by atoms with Crippen LogP contribution in [-0.2, 0) is 12.0 Å². The number of H-pyrrole nitrogens is 1. The molecule has 0 saturated carbocycles. The zero-order valence-corrected chi connectivity index (χ0v) is 15.3. The van der Waals surface area contributed by atoms with Crippen LogP contribution >= 0.6 is 0 Å². The van der Waals surface area contributed by atoms with E-state index in [4.69, 9.17) is 5.73 Å². The summed E-state index contributed by atoms with van der Waals surface area (Å²) in [4.78, 5) is 6.05. The Morgan fingerprint density at radius 1 is 1.16 bits per heavy atom. The van der Waals surface area contributed by atoms with E-state index in [9.17, 15) is 0 Å². The number of aromatic amines is 1. The number of nitrogens with zero attached hydrogens (tertiary/aromatic N) is 1. The number of hydrogen-bond donors (Lipinski definition) is 2. The van der Waals surface area contributed by atoms with Gasteiger partial charge in [0.15, 0.2) is 0 Å². The Morgan fingerprint density at radius 3 is 2.72 bits per heavy atom. The van der Waals surface area contributed by atoms with E-state index in [1.807, 2.05) is 0 Å². The van der Waals surface area contributed by atoms with E-state index in [0.29, 0.717) is 12.5 Å². The highest BCUT2D eigenvalue weighted by Crippen LogP contribution is 2.36. The molecule has 0 spiro atoms. The predicted octanol–water partition coefficient (Wildman–Crippen LogP) is 3.98. The molecule has 0 fully saturated rings. The van der Waals surface area contributed by atoms with E-state index in [0.717, 1.165) is 13.1 Å². The van der Waals surface area contributed by atoms with Crippen molar-refractivity contribution in [3.63, 3.8) is 0 Å². The third-order valence-corrected chi connectivity index (χ3v) is 5.67. The van der Waals surface area contributed by atoms with Crippen molar-refractivity contribution in [2.45, 2.75) is 31.7 Å². The summed E-state index contributed by atoms with van der Waals surface area (Å²) in [5.74, 6) is 0.385. The number of hydrogen-bond acceptors (Lipinski definition) is 2. The van der Waals surface area contributed by atoms with Gasteiger partial charge in [-0.1, -0.05) is 50.2 Å². The molecule has 3 N–H and O–H groups in total. The van der Waals surface area contributed by atoms with Crippen molar-refractivity contribution in [2.75, 3.05) is 20.1 Å². The minimum atomic E-state index is 0.0155. The molecule has 130 valence electrons. The van der Waals surface area contributed by atoms with Gasteiger partial charge in [0.05, 0.1) is 0 Å². The van der Waals surface area contributed by atoms with E-state index < -0.39 is 0 Å². The van der Waals surface area contributed by atoms with Gasteiger partial charge in [-0.05, 0) is 41.3 Å². The summed E-state index contributed by atoms with van der Waals surface area (Å²) in [7, 11) is 2.21. The highest BCUT2D eigenvalue weighted by Gasteiger charge is 2.28.